The number of hydrogen-bond donors (Lipinski definition) is 1. The third-order valence-electron chi connectivity index (χ3n) is 4.38. The number of ether oxygens (including phenoxy) is 1. The minimum Gasteiger partial charge on any atom is -0.449 e. The first-order chi connectivity index (χ1) is 13.7. The first kappa shape index (κ1) is 23.6. The molecule has 0 bridgehead atoms. The van der Waals surface area contributed by atoms with Crippen LogP contribution in [-0.4, -0.2) is 69.5 Å². The zero-order valence-electron chi connectivity index (χ0n) is 16.8. The van der Waals surface area contributed by atoms with Crippen LogP contribution < -0.4 is 4.72 Å². The van der Waals surface area contributed by atoms with Gasteiger partial charge in [-0.15, -0.1) is 0 Å². The topological polar surface area (TPSA) is 96.0 Å². The monoisotopic (exact) mass is 489 g/mol. The van der Waals surface area contributed by atoms with Gasteiger partial charge < -0.3 is 14.5 Å². The molecule has 0 spiro atoms. The number of rotatable bonds is 7. The van der Waals surface area contributed by atoms with Gasteiger partial charge in [0.25, 0.3) is 0 Å². The fraction of sp³-hybridized carbons (Fsp3) is 0.579. The van der Waals surface area contributed by atoms with E-state index < -0.39 is 10.0 Å². The van der Waals surface area contributed by atoms with Crippen LogP contribution >= 0.6 is 15.9 Å². The minimum absolute atomic E-state index is 0.0182. The van der Waals surface area contributed by atoms with Crippen LogP contribution in [0.15, 0.2) is 33.6 Å². The summed E-state index contributed by atoms with van der Waals surface area (Å²) in [6, 6.07) is 6.38. The average Bonchev–Trinajstić information content (AvgIpc) is 2.92. The Kier molecular flexibility index (Phi) is 8.91. The van der Waals surface area contributed by atoms with Gasteiger partial charge in [0, 0.05) is 43.6 Å². The van der Waals surface area contributed by atoms with Gasteiger partial charge in [0.2, 0.25) is 15.9 Å². The molecule has 1 N–H and O–H groups in total. The van der Waals surface area contributed by atoms with E-state index in [9.17, 15) is 18.0 Å². The lowest BCUT2D eigenvalue weighted by Crippen LogP contribution is -2.39. The molecule has 0 atom stereocenters. The van der Waals surface area contributed by atoms with Crippen LogP contribution in [-0.2, 0) is 19.6 Å². The molecule has 29 heavy (non-hydrogen) atoms. The molecule has 1 fully saturated rings. The van der Waals surface area contributed by atoms with Gasteiger partial charge in [0.15, 0.2) is 0 Å². The predicted molar refractivity (Wildman–Crippen MR) is 113 cm³/mol. The van der Waals surface area contributed by atoms with Crippen LogP contribution in [0.4, 0.5) is 4.79 Å². The molecule has 2 rings (SSSR count). The average molecular weight is 490 g/mol. The predicted octanol–water partition coefficient (Wildman–Crippen LogP) is 2.44. The Labute approximate surface area is 180 Å². The SMILES string of the molecule is CC(C)COC(=O)N1CCCN(C(=O)CCNS(=O)(=O)c2cccc(Br)c2)CC1. The van der Waals surface area contributed by atoms with E-state index in [-0.39, 0.29) is 35.8 Å². The molecule has 0 aromatic heterocycles. The van der Waals surface area contributed by atoms with E-state index in [2.05, 4.69) is 20.7 Å². The highest BCUT2D eigenvalue weighted by Gasteiger charge is 2.23. The maximum atomic E-state index is 12.5. The molecular weight excluding hydrogens is 462 g/mol. The summed E-state index contributed by atoms with van der Waals surface area (Å²) >= 11 is 3.25. The van der Waals surface area contributed by atoms with Crippen molar-refractivity contribution in [1.29, 1.82) is 0 Å². The smallest absolute Gasteiger partial charge is 0.409 e. The van der Waals surface area contributed by atoms with E-state index in [4.69, 9.17) is 4.74 Å². The van der Waals surface area contributed by atoms with E-state index in [0.29, 0.717) is 43.7 Å². The number of nitrogens with one attached hydrogen (secondary N) is 1. The molecule has 0 radical (unpaired) electrons. The van der Waals surface area contributed by atoms with Gasteiger partial charge in [0.1, 0.15) is 0 Å². The molecule has 1 aliphatic rings. The van der Waals surface area contributed by atoms with Crippen molar-refractivity contribution >= 4 is 38.0 Å². The second kappa shape index (κ2) is 10.9. The van der Waals surface area contributed by atoms with Crippen LogP contribution in [0.1, 0.15) is 26.7 Å². The van der Waals surface area contributed by atoms with Gasteiger partial charge in [0.05, 0.1) is 11.5 Å². The number of nitrogens with zero attached hydrogens (tertiary/aromatic N) is 2. The number of benzene rings is 1. The lowest BCUT2D eigenvalue weighted by atomic mass is 10.2. The molecule has 1 aromatic carbocycles. The third-order valence-corrected chi connectivity index (χ3v) is 6.34. The number of carbonyl (C=O) groups excluding carboxylic acids is 2. The van der Waals surface area contributed by atoms with Crippen LogP contribution in [0.2, 0.25) is 0 Å². The van der Waals surface area contributed by atoms with Gasteiger partial charge in [-0.05, 0) is 30.5 Å². The minimum atomic E-state index is -3.67. The molecule has 0 unspecified atom stereocenters. The fourth-order valence-corrected chi connectivity index (χ4v) is 4.47. The summed E-state index contributed by atoms with van der Waals surface area (Å²) in [4.78, 5) is 28.0. The number of amides is 2. The molecule has 1 aliphatic heterocycles. The normalized spacial score (nSPS) is 15.3. The first-order valence-corrected chi connectivity index (χ1v) is 11.9. The van der Waals surface area contributed by atoms with Crippen molar-refractivity contribution in [3.05, 3.63) is 28.7 Å². The second-order valence-corrected chi connectivity index (χ2v) is 9.98. The summed E-state index contributed by atoms with van der Waals surface area (Å²) in [7, 11) is -3.67. The molecule has 162 valence electrons. The van der Waals surface area contributed by atoms with E-state index in [1.54, 1.807) is 21.9 Å². The van der Waals surface area contributed by atoms with Crippen LogP contribution in [0, 0.1) is 5.92 Å². The van der Waals surface area contributed by atoms with Crippen molar-refractivity contribution in [2.45, 2.75) is 31.6 Å². The number of halogens is 1. The van der Waals surface area contributed by atoms with Crippen molar-refractivity contribution in [3.8, 4) is 0 Å². The highest BCUT2D eigenvalue weighted by Crippen LogP contribution is 2.16. The molecule has 1 saturated heterocycles. The molecular formula is C19H28BrN3O5S. The molecule has 8 nitrogen and oxygen atoms in total. The van der Waals surface area contributed by atoms with Gasteiger partial charge in [-0.3, -0.25) is 4.79 Å². The van der Waals surface area contributed by atoms with E-state index >= 15 is 0 Å². The van der Waals surface area contributed by atoms with Crippen LogP contribution in [0.3, 0.4) is 0 Å². The van der Waals surface area contributed by atoms with Gasteiger partial charge >= 0.3 is 6.09 Å². The Balaban J connectivity index is 1.80. The van der Waals surface area contributed by atoms with Crippen molar-refractivity contribution in [3.63, 3.8) is 0 Å². The summed E-state index contributed by atoms with van der Waals surface area (Å²) in [6.07, 6.45) is 0.368. The maximum absolute atomic E-state index is 12.5. The first-order valence-electron chi connectivity index (χ1n) is 9.64. The van der Waals surface area contributed by atoms with Crippen molar-refractivity contribution in [2.24, 2.45) is 5.92 Å². The quantitative estimate of drug-likeness (QED) is 0.634. The van der Waals surface area contributed by atoms with E-state index in [1.165, 1.54) is 12.1 Å². The van der Waals surface area contributed by atoms with Gasteiger partial charge in [-0.1, -0.05) is 35.8 Å². The Morgan fingerprint density at radius 3 is 2.55 bits per heavy atom. The lowest BCUT2D eigenvalue weighted by molar-refractivity contribution is -0.130. The molecule has 2 amide bonds. The second-order valence-electron chi connectivity index (χ2n) is 7.30. The lowest BCUT2D eigenvalue weighted by Gasteiger charge is -2.22. The Hall–Kier alpha value is -1.65. The highest BCUT2D eigenvalue weighted by atomic mass is 79.9. The fourth-order valence-electron chi connectivity index (χ4n) is 2.85. The summed E-state index contributed by atoms with van der Waals surface area (Å²) in [5.41, 5.74) is 0. The maximum Gasteiger partial charge on any atom is 0.409 e. The number of carbonyl (C=O) groups is 2. The van der Waals surface area contributed by atoms with Crippen molar-refractivity contribution in [2.75, 3.05) is 39.3 Å². The molecule has 0 saturated carbocycles. The van der Waals surface area contributed by atoms with E-state index in [1.807, 2.05) is 13.8 Å². The Morgan fingerprint density at radius 2 is 1.86 bits per heavy atom. The summed E-state index contributed by atoms with van der Waals surface area (Å²) in [6.45, 7) is 6.23. The third kappa shape index (κ3) is 7.60. The number of hydrogen-bond acceptors (Lipinski definition) is 5. The van der Waals surface area contributed by atoms with E-state index in [0.717, 1.165) is 0 Å². The molecule has 0 aliphatic carbocycles. The van der Waals surface area contributed by atoms with Gasteiger partial charge in [-0.2, -0.15) is 0 Å². The highest BCUT2D eigenvalue weighted by molar-refractivity contribution is 9.10. The van der Waals surface area contributed by atoms with Crippen molar-refractivity contribution < 1.29 is 22.7 Å². The summed E-state index contributed by atoms with van der Waals surface area (Å²) in [5.74, 6) is 0.129. The van der Waals surface area contributed by atoms with Crippen LogP contribution in [0.5, 0.6) is 0 Å². The largest absolute Gasteiger partial charge is 0.449 e. The summed E-state index contributed by atoms with van der Waals surface area (Å²) < 4.78 is 33.0. The Bertz CT molecular complexity index is 816. The molecule has 1 heterocycles. The van der Waals surface area contributed by atoms with Crippen molar-refractivity contribution in [1.82, 2.24) is 14.5 Å². The molecule has 10 heteroatoms. The zero-order chi connectivity index (χ0) is 21.4. The summed E-state index contributed by atoms with van der Waals surface area (Å²) in [5, 5.41) is 0. The Morgan fingerprint density at radius 1 is 1.17 bits per heavy atom. The zero-order valence-corrected chi connectivity index (χ0v) is 19.2. The van der Waals surface area contributed by atoms with Gasteiger partial charge in [-0.25, -0.2) is 17.9 Å². The van der Waals surface area contributed by atoms with Crippen LogP contribution in [0.25, 0.3) is 0 Å². The molecule has 1 aromatic rings. The number of sulfonamides is 1. The standard InChI is InChI=1S/C19H28BrN3O5S/c1-15(2)14-28-19(25)23-10-4-9-22(11-12-23)18(24)7-8-21-29(26,27)17-6-3-5-16(20)13-17/h3,5-6,13,15,21H,4,7-12,14H2,1-2H3.